The molecule has 7 nitrogen and oxygen atoms in total. The van der Waals surface area contributed by atoms with E-state index in [0.29, 0.717) is 13.0 Å². The highest BCUT2D eigenvalue weighted by Gasteiger charge is 2.30. The van der Waals surface area contributed by atoms with Crippen molar-refractivity contribution in [2.24, 2.45) is 0 Å². The summed E-state index contributed by atoms with van der Waals surface area (Å²) < 4.78 is 39.4. The molecule has 0 spiro atoms. The predicted molar refractivity (Wildman–Crippen MR) is 73.9 cm³/mol. The predicted octanol–water partition coefficient (Wildman–Crippen LogP) is 1.11. The number of likely N-dealkylation sites (N-methyl/N-ethyl adjacent to an activating group) is 1. The van der Waals surface area contributed by atoms with E-state index in [1.54, 1.807) is 0 Å². The van der Waals surface area contributed by atoms with Gasteiger partial charge in [0.15, 0.2) is 0 Å². The second-order valence-electron chi connectivity index (χ2n) is 4.89. The SMILES string of the molecule is CN(C1CCCNC1)S(=O)(=O)c1ccc(F)c([N+](=O)[O-])c1. The maximum atomic E-state index is 13.3. The van der Waals surface area contributed by atoms with Crippen LogP contribution in [0.25, 0.3) is 0 Å². The maximum absolute atomic E-state index is 13.3. The van der Waals surface area contributed by atoms with E-state index in [9.17, 15) is 22.9 Å². The highest BCUT2D eigenvalue weighted by atomic mass is 32.2. The molecule has 1 N–H and O–H groups in total. The third-order valence-corrected chi connectivity index (χ3v) is 5.48. The van der Waals surface area contributed by atoms with Crippen molar-refractivity contribution in [2.45, 2.75) is 23.8 Å². The molecule has 1 aliphatic rings. The Labute approximate surface area is 122 Å². The highest BCUT2D eigenvalue weighted by molar-refractivity contribution is 7.89. The minimum atomic E-state index is -3.89. The van der Waals surface area contributed by atoms with Crippen molar-refractivity contribution in [3.63, 3.8) is 0 Å². The standard InChI is InChI=1S/C12H16FN3O4S/c1-15(9-3-2-6-14-8-9)21(19,20)10-4-5-11(13)12(7-10)16(17)18/h4-5,7,9,14H,2-3,6,8H2,1H3. The number of hydrogen-bond donors (Lipinski definition) is 1. The molecule has 0 aromatic heterocycles. The van der Waals surface area contributed by atoms with E-state index in [4.69, 9.17) is 0 Å². The lowest BCUT2D eigenvalue weighted by Crippen LogP contribution is -2.46. The van der Waals surface area contributed by atoms with Gasteiger partial charge in [0, 0.05) is 25.7 Å². The van der Waals surface area contributed by atoms with E-state index in [0.717, 1.165) is 31.2 Å². The molecule has 1 aliphatic heterocycles. The van der Waals surface area contributed by atoms with Crippen LogP contribution in [-0.4, -0.2) is 43.8 Å². The number of piperidine rings is 1. The number of nitro groups is 1. The van der Waals surface area contributed by atoms with Crippen molar-refractivity contribution in [3.05, 3.63) is 34.1 Å². The van der Waals surface area contributed by atoms with E-state index < -0.39 is 26.5 Å². The summed E-state index contributed by atoms with van der Waals surface area (Å²) in [7, 11) is -2.46. The van der Waals surface area contributed by atoms with Gasteiger partial charge in [-0.25, -0.2) is 8.42 Å². The highest BCUT2D eigenvalue weighted by Crippen LogP contribution is 2.25. The van der Waals surface area contributed by atoms with Gasteiger partial charge in [0.05, 0.1) is 9.82 Å². The zero-order valence-corrected chi connectivity index (χ0v) is 12.3. The Balaban J connectivity index is 2.34. The van der Waals surface area contributed by atoms with Gasteiger partial charge in [-0.15, -0.1) is 0 Å². The Kier molecular flexibility index (Phi) is 4.55. The maximum Gasteiger partial charge on any atom is 0.306 e. The fraction of sp³-hybridized carbons (Fsp3) is 0.500. The number of rotatable bonds is 4. The summed E-state index contributed by atoms with van der Waals surface area (Å²) in [6.45, 7) is 1.37. The van der Waals surface area contributed by atoms with Gasteiger partial charge in [-0.1, -0.05) is 0 Å². The largest absolute Gasteiger partial charge is 0.315 e. The number of nitrogens with zero attached hydrogens (tertiary/aromatic N) is 2. The van der Waals surface area contributed by atoms with E-state index >= 15 is 0 Å². The number of nitro benzene ring substituents is 1. The molecule has 0 amide bonds. The summed E-state index contributed by atoms with van der Waals surface area (Å²) in [6, 6.07) is 2.40. The summed E-state index contributed by atoms with van der Waals surface area (Å²) in [4.78, 5) is 9.51. The lowest BCUT2D eigenvalue weighted by Gasteiger charge is -2.30. The van der Waals surface area contributed by atoms with Gasteiger partial charge in [0.25, 0.3) is 0 Å². The van der Waals surface area contributed by atoms with Crippen LogP contribution < -0.4 is 5.32 Å². The minimum absolute atomic E-state index is 0.215. The molecule has 0 saturated carbocycles. The second kappa shape index (κ2) is 6.04. The Morgan fingerprint density at radius 3 is 2.76 bits per heavy atom. The summed E-state index contributed by atoms with van der Waals surface area (Å²) in [6.07, 6.45) is 1.57. The molecule has 2 rings (SSSR count). The van der Waals surface area contributed by atoms with E-state index in [1.165, 1.54) is 11.4 Å². The first-order valence-corrected chi connectivity index (χ1v) is 7.90. The number of halogens is 1. The van der Waals surface area contributed by atoms with Crippen LogP contribution in [0.4, 0.5) is 10.1 Å². The Morgan fingerprint density at radius 1 is 1.48 bits per heavy atom. The van der Waals surface area contributed by atoms with Crippen LogP contribution in [0.15, 0.2) is 23.1 Å². The summed E-state index contributed by atoms with van der Waals surface area (Å²) in [5, 5.41) is 13.8. The quantitative estimate of drug-likeness (QED) is 0.663. The minimum Gasteiger partial charge on any atom is -0.315 e. The van der Waals surface area contributed by atoms with Gasteiger partial charge >= 0.3 is 5.69 Å². The van der Waals surface area contributed by atoms with Gasteiger partial charge in [0.2, 0.25) is 15.8 Å². The average molecular weight is 317 g/mol. The second-order valence-corrected chi connectivity index (χ2v) is 6.89. The molecule has 116 valence electrons. The molecule has 1 heterocycles. The topological polar surface area (TPSA) is 92.6 Å². The van der Waals surface area contributed by atoms with Crippen molar-refractivity contribution >= 4 is 15.7 Å². The van der Waals surface area contributed by atoms with E-state index in [-0.39, 0.29) is 10.9 Å². The molecule has 1 aromatic rings. The van der Waals surface area contributed by atoms with Crippen molar-refractivity contribution in [3.8, 4) is 0 Å². The zero-order valence-electron chi connectivity index (χ0n) is 11.5. The first-order valence-electron chi connectivity index (χ1n) is 6.46. The molecule has 1 saturated heterocycles. The number of hydrogen-bond acceptors (Lipinski definition) is 5. The summed E-state index contributed by atoms with van der Waals surface area (Å²) in [5.74, 6) is -1.05. The van der Waals surface area contributed by atoms with Crippen LogP contribution in [0, 0.1) is 15.9 Å². The van der Waals surface area contributed by atoms with Crippen molar-refractivity contribution in [2.75, 3.05) is 20.1 Å². The van der Waals surface area contributed by atoms with Crippen LogP contribution in [-0.2, 0) is 10.0 Å². The summed E-state index contributed by atoms with van der Waals surface area (Å²) in [5.41, 5.74) is -0.841. The molecule has 0 bridgehead atoms. The Hall–Kier alpha value is -1.58. The van der Waals surface area contributed by atoms with Gasteiger partial charge in [-0.3, -0.25) is 10.1 Å². The lowest BCUT2D eigenvalue weighted by molar-refractivity contribution is -0.387. The fourth-order valence-electron chi connectivity index (χ4n) is 2.30. The van der Waals surface area contributed by atoms with Crippen LogP contribution in [0.5, 0.6) is 0 Å². The normalized spacial score (nSPS) is 19.7. The fourth-order valence-corrected chi connectivity index (χ4v) is 3.70. The molecule has 1 unspecified atom stereocenters. The van der Waals surface area contributed by atoms with Gasteiger partial charge in [-0.05, 0) is 31.5 Å². The van der Waals surface area contributed by atoms with Gasteiger partial charge < -0.3 is 5.32 Å². The number of benzene rings is 1. The van der Waals surface area contributed by atoms with Crippen molar-refractivity contribution < 1.29 is 17.7 Å². The van der Waals surface area contributed by atoms with Crippen molar-refractivity contribution in [1.29, 1.82) is 0 Å². The van der Waals surface area contributed by atoms with E-state index in [2.05, 4.69) is 5.32 Å². The summed E-state index contributed by atoms with van der Waals surface area (Å²) >= 11 is 0. The van der Waals surface area contributed by atoms with E-state index in [1.807, 2.05) is 0 Å². The van der Waals surface area contributed by atoms with Crippen LogP contribution in [0.2, 0.25) is 0 Å². The van der Waals surface area contributed by atoms with Gasteiger partial charge in [-0.2, -0.15) is 8.70 Å². The molecule has 1 aromatic carbocycles. The zero-order chi connectivity index (χ0) is 15.6. The molecule has 1 fully saturated rings. The Morgan fingerprint density at radius 2 is 2.19 bits per heavy atom. The molecular weight excluding hydrogens is 301 g/mol. The molecule has 0 aliphatic carbocycles. The molecule has 0 radical (unpaired) electrons. The third kappa shape index (κ3) is 3.20. The number of nitrogens with one attached hydrogen (secondary N) is 1. The van der Waals surface area contributed by atoms with Crippen LogP contribution in [0.1, 0.15) is 12.8 Å². The monoisotopic (exact) mass is 317 g/mol. The first kappa shape index (κ1) is 15.8. The molecule has 21 heavy (non-hydrogen) atoms. The Bertz CT molecular complexity index is 644. The van der Waals surface area contributed by atoms with Crippen LogP contribution >= 0.6 is 0 Å². The molecule has 9 heteroatoms. The van der Waals surface area contributed by atoms with Crippen molar-refractivity contribution in [1.82, 2.24) is 9.62 Å². The number of sulfonamides is 1. The lowest BCUT2D eigenvalue weighted by atomic mass is 10.1. The third-order valence-electron chi connectivity index (χ3n) is 3.58. The first-order chi connectivity index (χ1) is 9.84. The average Bonchev–Trinajstić information content (AvgIpc) is 2.47. The van der Waals surface area contributed by atoms with Gasteiger partial charge in [0.1, 0.15) is 0 Å². The van der Waals surface area contributed by atoms with Crippen LogP contribution in [0.3, 0.4) is 0 Å². The molecule has 1 atom stereocenters. The molecular formula is C12H16FN3O4S. The smallest absolute Gasteiger partial charge is 0.306 e.